The van der Waals surface area contributed by atoms with Crippen molar-refractivity contribution in [2.45, 2.75) is 26.5 Å². The molecule has 0 aliphatic heterocycles. The van der Waals surface area contributed by atoms with Crippen molar-refractivity contribution in [3.8, 4) is 0 Å². The van der Waals surface area contributed by atoms with E-state index < -0.39 is 35.3 Å². The third-order valence-corrected chi connectivity index (χ3v) is 4.22. The number of hydrogen-bond donors (Lipinski definition) is 1. The Labute approximate surface area is 163 Å². The number of para-hydroxylation sites is 1. The molecule has 0 spiro atoms. The molecule has 1 atom stereocenters. The van der Waals surface area contributed by atoms with E-state index in [0.29, 0.717) is 0 Å². The SMILES string of the molecule is CCn1nc(C(=O)OC(C)C(=O)Nc2c(F)cccc2F)c2ccccc2c1=O. The van der Waals surface area contributed by atoms with E-state index >= 15 is 0 Å². The second kappa shape index (κ2) is 8.17. The second-order valence-electron chi connectivity index (χ2n) is 6.15. The lowest BCUT2D eigenvalue weighted by Crippen LogP contribution is -2.32. The standard InChI is InChI=1S/C20H17F2N3O4/c1-3-25-19(27)13-8-5-4-7-12(13)16(24-25)20(28)29-11(2)18(26)23-17-14(21)9-6-10-15(17)22/h4-11H,3H2,1-2H3,(H,23,26). The van der Waals surface area contributed by atoms with Gasteiger partial charge in [0.25, 0.3) is 11.5 Å². The van der Waals surface area contributed by atoms with E-state index in [0.717, 1.165) is 22.9 Å². The lowest BCUT2D eigenvalue weighted by molar-refractivity contribution is -0.123. The van der Waals surface area contributed by atoms with E-state index in [1.54, 1.807) is 31.2 Å². The number of nitrogens with one attached hydrogen (secondary N) is 1. The van der Waals surface area contributed by atoms with Gasteiger partial charge in [0.15, 0.2) is 11.8 Å². The fourth-order valence-electron chi connectivity index (χ4n) is 2.71. The van der Waals surface area contributed by atoms with Crippen molar-refractivity contribution in [1.29, 1.82) is 0 Å². The van der Waals surface area contributed by atoms with Crippen molar-refractivity contribution in [2.75, 3.05) is 5.32 Å². The molecule has 1 amide bonds. The third kappa shape index (κ3) is 3.98. The van der Waals surface area contributed by atoms with E-state index in [1.165, 1.54) is 6.92 Å². The number of anilines is 1. The van der Waals surface area contributed by atoms with Gasteiger partial charge in [-0.05, 0) is 32.0 Å². The largest absolute Gasteiger partial charge is 0.448 e. The van der Waals surface area contributed by atoms with E-state index in [4.69, 9.17) is 4.74 Å². The van der Waals surface area contributed by atoms with Crippen LogP contribution in [0.5, 0.6) is 0 Å². The summed E-state index contributed by atoms with van der Waals surface area (Å²) < 4.78 is 33.6. The highest BCUT2D eigenvalue weighted by molar-refractivity contribution is 6.03. The molecule has 0 fully saturated rings. The maximum atomic E-state index is 13.7. The highest BCUT2D eigenvalue weighted by atomic mass is 19.1. The summed E-state index contributed by atoms with van der Waals surface area (Å²) >= 11 is 0. The Balaban J connectivity index is 1.86. The lowest BCUT2D eigenvalue weighted by atomic mass is 10.1. The number of benzene rings is 2. The number of fused-ring (bicyclic) bond motifs is 1. The molecule has 3 aromatic rings. The van der Waals surface area contributed by atoms with Crippen LogP contribution in [0.2, 0.25) is 0 Å². The number of carbonyl (C=O) groups excluding carboxylic acids is 2. The summed E-state index contributed by atoms with van der Waals surface area (Å²) in [7, 11) is 0. The van der Waals surface area contributed by atoms with Crippen molar-refractivity contribution in [3.63, 3.8) is 0 Å². The minimum absolute atomic E-state index is 0.140. The fraction of sp³-hybridized carbons (Fsp3) is 0.200. The van der Waals surface area contributed by atoms with Crippen LogP contribution in [0.4, 0.5) is 14.5 Å². The first-order valence-corrected chi connectivity index (χ1v) is 8.79. The summed E-state index contributed by atoms with van der Waals surface area (Å²) in [4.78, 5) is 37.2. The van der Waals surface area contributed by atoms with Gasteiger partial charge < -0.3 is 10.1 Å². The average Bonchev–Trinajstić information content (AvgIpc) is 2.71. The number of aromatic nitrogens is 2. The smallest absolute Gasteiger partial charge is 0.360 e. The van der Waals surface area contributed by atoms with Crippen LogP contribution in [0.1, 0.15) is 24.3 Å². The molecule has 0 saturated carbocycles. The van der Waals surface area contributed by atoms with Gasteiger partial charge in [-0.1, -0.05) is 24.3 Å². The topological polar surface area (TPSA) is 90.3 Å². The molecule has 0 aliphatic carbocycles. The molecular weight excluding hydrogens is 384 g/mol. The molecule has 0 saturated heterocycles. The maximum absolute atomic E-state index is 13.7. The molecule has 0 bridgehead atoms. The zero-order chi connectivity index (χ0) is 21.1. The van der Waals surface area contributed by atoms with Crippen molar-refractivity contribution >= 4 is 28.3 Å². The first-order chi connectivity index (χ1) is 13.8. The van der Waals surface area contributed by atoms with Gasteiger partial charge in [-0.25, -0.2) is 18.3 Å². The molecule has 0 radical (unpaired) electrons. The van der Waals surface area contributed by atoms with Gasteiger partial charge in [-0.3, -0.25) is 9.59 Å². The Morgan fingerprint density at radius 3 is 2.34 bits per heavy atom. The Bertz CT molecular complexity index is 1140. The number of nitrogens with zero attached hydrogens (tertiary/aromatic N) is 2. The maximum Gasteiger partial charge on any atom is 0.360 e. The first-order valence-electron chi connectivity index (χ1n) is 8.79. The fourth-order valence-corrected chi connectivity index (χ4v) is 2.71. The first kappa shape index (κ1) is 20.1. The number of rotatable bonds is 5. The Morgan fingerprint density at radius 1 is 1.10 bits per heavy atom. The quantitative estimate of drug-likeness (QED) is 0.664. The monoisotopic (exact) mass is 401 g/mol. The highest BCUT2D eigenvalue weighted by Crippen LogP contribution is 2.19. The molecule has 9 heteroatoms. The number of amides is 1. The van der Waals surface area contributed by atoms with Gasteiger partial charge in [0, 0.05) is 11.9 Å². The summed E-state index contributed by atoms with van der Waals surface area (Å²) in [5.41, 5.74) is -1.14. The number of hydrogen-bond acceptors (Lipinski definition) is 5. The summed E-state index contributed by atoms with van der Waals surface area (Å²) in [6.07, 6.45) is -1.37. The predicted octanol–water partition coefficient (Wildman–Crippen LogP) is 2.88. The van der Waals surface area contributed by atoms with E-state index in [2.05, 4.69) is 10.4 Å². The molecule has 29 heavy (non-hydrogen) atoms. The van der Waals surface area contributed by atoms with Crippen LogP contribution in [-0.2, 0) is 16.1 Å². The van der Waals surface area contributed by atoms with Gasteiger partial charge in [0.05, 0.1) is 5.39 Å². The molecule has 1 aromatic heterocycles. The molecule has 2 aromatic carbocycles. The molecule has 1 N–H and O–H groups in total. The normalized spacial score (nSPS) is 11.9. The van der Waals surface area contributed by atoms with Gasteiger partial charge in [-0.2, -0.15) is 5.10 Å². The van der Waals surface area contributed by atoms with Gasteiger partial charge in [-0.15, -0.1) is 0 Å². The molecule has 150 valence electrons. The average molecular weight is 401 g/mol. The number of ether oxygens (including phenoxy) is 1. The predicted molar refractivity (Wildman–Crippen MR) is 102 cm³/mol. The van der Waals surface area contributed by atoms with Crippen molar-refractivity contribution in [3.05, 3.63) is 70.1 Å². The molecule has 1 unspecified atom stereocenters. The third-order valence-electron chi connectivity index (χ3n) is 4.22. The van der Waals surface area contributed by atoms with Crippen molar-refractivity contribution in [2.24, 2.45) is 0 Å². The van der Waals surface area contributed by atoms with Crippen LogP contribution in [0.15, 0.2) is 47.3 Å². The van der Waals surface area contributed by atoms with E-state index in [9.17, 15) is 23.2 Å². The minimum Gasteiger partial charge on any atom is -0.448 e. The molecule has 1 heterocycles. The highest BCUT2D eigenvalue weighted by Gasteiger charge is 2.24. The number of esters is 1. The lowest BCUT2D eigenvalue weighted by Gasteiger charge is -2.15. The molecular formula is C20H17F2N3O4. The Morgan fingerprint density at radius 2 is 1.72 bits per heavy atom. The van der Waals surface area contributed by atoms with Gasteiger partial charge >= 0.3 is 5.97 Å². The van der Waals surface area contributed by atoms with Gasteiger partial charge in [0.2, 0.25) is 0 Å². The molecule has 0 aliphatic rings. The van der Waals surface area contributed by atoms with Crippen LogP contribution >= 0.6 is 0 Å². The number of carbonyl (C=O) groups is 2. The van der Waals surface area contributed by atoms with E-state index in [-0.39, 0.29) is 28.6 Å². The van der Waals surface area contributed by atoms with E-state index in [1.807, 2.05) is 0 Å². The summed E-state index contributed by atoms with van der Waals surface area (Å²) in [6.45, 7) is 3.17. The molecule has 7 nitrogen and oxygen atoms in total. The van der Waals surface area contributed by atoms with Crippen molar-refractivity contribution < 1.29 is 23.1 Å². The van der Waals surface area contributed by atoms with Crippen LogP contribution in [-0.4, -0.2) is 27.8 Å². The van der Waals surface area contributed by atoms with Crippen LogP contribution in [0, 0.1) is 11.6 Å². The van der Waals surface area contributed by atoms with Crippen LogP contribution < -0.4 is 10.9 Å². The zero-order valence-corrected chi connectivity index (χ0v) is 15.6. The molecule has 3 rings (SSSR count). The summed E-state index contributed by atoms with van der Waals surface area (Å²) in [5.74, 6) is -3.78. The Hall–Kier alpha value is -3.62. The van der Waals surface area contributed by atoms with Gasteiger partial charge in [0.1, 0.15) is 17.3 Å². The van der Waals surface area contributed by atoms with Crippen LogP contribution in [0.25, 0.3) is 10.8 Å². The number of halogens is 2. The summed E-state index contributed by atoms with van der Waals surface area (Å²) in [6, 6.07) is 9.51. The Kier molecular flexibility index (Phi) is 5.67. The minimum atomic E-state index is -1.37. The second-order valence-corrected chi connectivity index (χ2v) is 6.15. The number of aryl methyl sites for hydroxylation is 1. The van der Waals surface area contributed by atoms with Crippen LogP contribution in [0.3, 0.4) is 0 Å². The zero-order valence-electron chi connectivity index (χ0n) is 15.6. The summed E-state index contributed by atoms with van der Waals surface area (Å²) in [5, 5.41) is 6.64. The van der Waals surface area contributed by atoms with Crippen molar-refractivity contribution in [1.82, 2.24) is 9.78 Å².